The zero-order valence-electron chi connectivity index (χ0n) is 21.7. The largest absolute Gasteiger partial charge is 0.491 e. The van der Waals surface area contributed by atoms with Crippen LogP contribution < -0.4 is 4.74 Å². The molecule has 7 nitrogen and oxygen atoms in total. The molecular formula is C30H37N3O4. The molecule has 4 heterocycles. The van der Waals surface area contributed by atoms with Crippen molar-refractivity contribution in [3.63, 3.8) is 0 Å². The molecule has 6 rings (SSSR count). The topological polar surface area (TPSA) is 75.0 Å². The lowest BCUT2D eigenvalue weighted by molar-refractivity contribution is -0.131. The van der Waals surface area contributed by atoms with E-state index in [0.717, 1.165) is 48.6 Å². The average Bonchev–Trinajstić information content (AvgIpc) is 3.24. The number of aryl methyl sites for hydroxylation is 1. The van der Waals surface area contributed by atoms with Gasteiger partial charge < -0.3 is 24.2 Å². The van der Waals surface area contributed by atoms with Gasteiger partial charge in [-0.15, -0.1) is 0 Å². The van der Waals surface area contributed by atoms with Crippen molar-refractivity contribution in [3.8, 4) is 5.75 Å². The molecule has 0 saturated carbocycles. The van der Waals surface area contributed by atoms with Crippen molar-refractivity contribution in [2.75, 3.05) is 39.4 Å². The minimum absolute atomic E-state index is 0.0269. The van der Waals surface area contributed by atoms with Gasteiger partial charge in [-0.25, -0.2) is 0 Å². The highest BCUT2D eigenvalue weighted by Gasteiger charge is 2.36. The number of carbonyl (C=O) groups excluding carboxylic acids is 2. The molecule has 196 valence electrons. The predicted octanol–water partition coefficient (Wildman–Crippen LogP) is 4.03. The van der Waals surface area contributed by atoms with E-state index < -0.39 is 0 Å². The second-order valence-electron chi connectivity index (χ2n) is 10.6. The maximum atomic E-state index is 13.5. The number of para-hydroxylation sites is 2. The molecule has 1 aromatic heterocycles. The first-order valence-electron chi connectivity index (χ1n) is 13.4. The Bertz CT molecular complexity index is 1260. The van der Waals surface area contributed by atoms with Crippen LogP contribution in [0.1, 0.15) is 48.0 Å². The molecule has 37 heavy (non-hydrogen) atoms. The Labute approximate surface area is 218 Å². The number of hydrogen-bond acceptors (Lipinski definition) is 4. The van der Waals surface area contributed by atoms with Crippen LogP contribution in [0.5, 0.6) is 5.75 Å². The van der Waals surface area contributed by atoms with Crippen LogP contribution in [0.15, 0.2) is 54.7 Å². The third-order valence-electron chi connectivity index (χ3n) is 8.24. The van der Waals surface area contributed by atoms with Crippen LogP contribution >= 0.6 is 0 Å². The highest BCUT2D eigenvalue weighted by atomic mass is 16.5. The standard InChI is InChI=1S/C30H37N3O4/c1-31-21-23(24-8-2-4-10-26(24)31)20-28(35)32-15-7-6-12-30(22-34)13-16-33(17-14-30)29(36)25-9-3-5-11-27(25)37-19-18-32/h2-5,8-11,21,34H,6-7,12-20,22H2,1H3. The van der Waals surface area contributed by atoms with Crippen LogP contribution in [0.2, 0.25) is 0 Å². The van der Waals surface area contributed by atoms with Crippen LogP contribution in [-0.2, 0) is 18.3 Å². The summed E-state index contributed by atoms with van der Waals surface area (Å²) in [5.74, 6) is 0.612. The molecule has 0 radical (unpaired) electrons. The van der Waals surface area contributed by atoms with E-state index in [4.69, 9.17) is 4.74 Å². The summed E-state index contributed by atoms with van der Waals surface area (Å²) in [5.41, 5.74) is 2.56. The normalized spacial score (nSPS) is 18.7. The number of benzene rings is 2. The summed E-state index contributed by atoms with van der Waals surface area (Å²) in [6, 6.07) is 15.5. The predicted molar refractivity (Wildman–Crippen MR) is 144 cm³/mol. The maximum absolute atomic E-state index is 13.5. The molecule has 1 saturated heterocycles. The van der Waals surface area contributed by atoms with Crippen molar-refractivity contribution in [1.82, 2.24) is 14.4 Å². The minimum Gasteiger partial charge on any atom is -0.491 e. The molecule has 0 unspecified atom stereocenters. The van der Waals surface area contributed by atoms with Gasteiger partial charge in [0.2, 0.25) is 5.91 Å². The summed E-state index contributed by atoms with van der Waals surface area (Å²) >= 11 is 0. The fraction of sp³-hybridized carbons (Fsp3) is 0.467. The Morgan fingerprint density at radius 3 is 2.54 bits per heavy atom. The molecule has 3 aliphatic rings. The number of ether oxygens (including phenoxy) is 1. The van der Waals surface area contributed by atoms with Crippen LogP contribution in [0.25, 0.3) is 10.9 Å². The minimum atomic E-state index is -0.148. The Morgan fingerprint density at radius 1 is 0.973 bits per heavy atom. The quantitative estimate of drug-likeness (QED) is 0.586. The summed E-state index contributed by atoms with van der Waals surface area (Å²) in [6.45, 7) is 2.86. The van der Waals surface area contributed by atoms with Crippen molar-refractivity contribution in [3.05, 3.63) is 65.9 Å². The lowest BCUT2D eigenvalue weighted by atomic mass is 9.75. The van der Waals surface area contributed by atoms with Crippen molar-refractivity contribution < 1.29 is 19.4 Å². The first-order chi connectivity index (χ1) is 18.0. The molecule has 2 aromatic carbocycles. The number of aliphatic hydroxyl groups excluding tert-OH is 1. The van der Waals surface area contributed by atoms with Gasteiger partial charge in [0.05, 0.1) is 18.5 Å². The zero-order chi connectivity index (χ0) is 25.8. The summed E-state index contributed by atoms with van der Waals surface area (Å²) in [4.78, 5) is 30.6. The van der Waals surface area contributed by atoms with E-state index in [1.807, 2.05) is 59.4 Å². The van der Waals surface area contributed by atoms with Gasteiger partial charge in [0.1, 0.15) is 12.4 Å². The monoisotopic (exact) mass is 503 g/mol. The molecule has 2 bridgehead atoms. The van der Waals surface area contributed by atoms with E-state index in [-0.39, 0.29) is 23.8 Å². The van der Waals surface area contributed by atoms with Gasteiger partial charge >= 0.3 is 0 Å². The Kier molecular flexibility index (Phi) is 7.51. The van der Waals surface area contributed by atoms with E-state index in [0.29, 0.717) is 50.5 Å². The highest BCUT2D eigenvalue weighted by molar-refractivity contribution is 5.97. The molecule has 1 fully saturated rings. The number of piperidine rings is 1. The van der Waals surface area contributed by atoms with Crippen LogP contribution in [0, 0.1) is 5.41 Å². The summed E-state index contributed by atoms with van der Waals surface area (Å²) < 4.78 is 8.17. The summed E-state index contributed by atoms with van der Waals surface area (Å²) in [7, 11) is 2.01. The second-order valence-corrected chi connectivity index (χ2v) is 10.6. The van der Waals surface area contributed by atoms with Crippen molar-refractivity contribution in [2.45, 2.75) is 38.5 Å². The molecule has 3 aromatic rings. The van der Waals surface area contributed by atoms with Crippen LogP contribution in [0.4, 0.5) is 0 Å². The van der Waals surface area contributed by atoms with Crippen molar-refractivity contribution >= 4 is 22.7 Å². The van der Waals surface area contributed by atoms with E-state index in [9.17, 15) is 14.7 Å². The molecule has 2 amide bonds. The summed E-state index contributed by atoms with van der Waals surface area (Å²) in [5, 5.41) is 11.4. The molecular weight excluding hydrogens is 466 g/mol. The van der Waals surface area contributed by atoms with Gasteiger partial charge in [0.15, 0.2) is 0 Å². The molecule has 3 aliphatic heterocycles. The van der Waals surface area contributed by atoms with E-state index >= 15 is 0 Å². The van der Waals surface area contributed by atoms with Gasteiger partial charge in [-0.2, -0.15) is 0 Å². The third kappa shape index (κ3) is 5.37. The molecule has 0 atom stereocenters. The zero-order valence-corrected chi connectivity index (χ0v) is 21.7. The molecule has 7 heteroatoms. The fourth-order valence-electron chi connectivity index (χ4n) is 5.88. The number of rotatable bonds is 3. The van der Waals surface area contributed by atoms with Gasteiger partial charge in [0.25, 0.3) is 5.91 Å². The third-order valence-corrected chi connectivity index (χ3v) is 8.24. The number of fused-ring (bicyclic) bond motifs is 10. The Balaban J connectivity index is 1.36. The number of carbonyl (C=O) groups is 2. The Morgan fingerprint density at radius 2 is 1.73 bits per heavy atom. The lowest BCUT2D eigenvalue weighted by Gasteiger charge is -2.41. The van der Waals surface area contributed by atoms with Crippen molar-refractivity contribution in [1.29, 1.82) is 0 Å². The van der Waals surface area contributed by atoms with Gasteiger partial charge in [0, 0.05) is 50.4 Å². The SMILES string of the molecule is Cn1cc(CC(=O)N2CCCCC3(CO)CCN(CC3)C(=O)c3ccccc3OCC2)c2ccccc21. The lowest BCUT2D eigenvalue weighted by Crippen LogP contribution is -2.44. The maximum Gasteiger partial charge on any atom is 0.257 e. The van der Waals surface area contributed by atoms with Gasteiger partial charge in [-0.05, 0) is 54.9 Å². The molecule has 0 aliphatic carbocycles. The fourth-order valence-corrected chi connectivity index (χ4v) is 5.88. The second kappa shape index (κ2) is 11.0. The van der Waals surface area contributed by atoms with Crippen LogP contribution in [0.3, 0.4) is 0 Å². The van der Waals surface area contributed by atoms with E-state index in [1.165, 1.54) is 0 Å². The first-order valence-corrected chi connectivity index (χ1v) is 13.4. The number of hydrogen-bond donors (Lipinski definition) is 1. The number of nitrogens with zero attached hydrogens (tertiary/aromatic N) is 3. The average molecular weight is 504 g/mol. The van der Waals surface area contributed by atoms with E-state index in [1.54, 1.807) is 0 Å². The van der Waals surface area contributed by atoms with E-state index in [2.05, 4.69) is 16.7 Å². The van der Waals surface area contributed by atoms with Gasteiger partial charge in [-0.3, -0.25) is 9.59 Å². The smallest absolute Gasteiger partial charge is 0.257 e. The van der Waals surface area contributed by atoms with Gasteiger partial charge in [-0.1, -0.05) is 36.8 Å². The molecule has 0 spiro atoms. The first kappa shape index (κ1) is 25.3. The molecule has 1 N–H and O–H groups in total. The number of aromatic nitrogens is 1. The number of amides is 2. The Hall–Kier alpha value is -3.32. The summed E-state index contributed by atoms with van der Waals surface area (Å²) in [6.07, 6.45) is 6.70. The van der Waals surface area contributed by atoms with Crippen LogP contribution in [-0.4, -0.2) is 70.7 Å². The van der Waals surface area contributed by atoms with Crippen molar-refractivity contribution in [2.24, 2.45) is 12.5 Å². The number of aliphatic hydroxyl groups is 1. The highest BCUT2D eigenvalue weighted by Crippen LogP contribution is 2.37.